The highest BCUT2D eigenvalue weighted by Crippen LogP contribution is 2.26. The lowest BCUT2D eigenvalue weighted by molar-refractivity contribution is -0.586. The van der Waals surface area contributed by atoms with Gasteiger partial charge in [-0.2, -0.15) is 9.83 Å². The van der Waals surface area contributed by atoms with E-state index in [1.807, 2.05) is 30.3 Å². The summed E-state index contributed by atoms with van der Waals surface area (Å²) in [4.78, 5) is 12.0. The van der Waals surface area contributed by atoms with Crippen molar-refractivity contribution < 1.29 is 14.6 Å². The number of hydrogen-bond acceptors (Lipinski definition) is 4. The van der Waals surface area contributed by atoms with Crippen LogP contribution in [0, 0.1) is 5.21 Å². The van der Waals surface area contributed by atoms with Crippen molar-refractivity contribution in [1.29, 1.82) is 0 Å². The van der Waals surface area contributed by atoms with Gasteiger partial charge in [0.25, 0.3) is 0 Å². The number of carbonyl (C=O) groups is 1. The zero-order valence-corrected chi connectivity index (χ0v) is 13.8. The largest absolute Gasteiger partial charge is 0.618 e. The van der Waals surface area contributed by atoms with Gasteiger partial charge in [0.05, 0.1) is 4.88 Å². The number of pyridine rings is 1. The van der Waals surface area contributed by atoms with Crippen molar-refractivity contribution in [2.45, 2.75) is 6.54 Å². The highest BCUT2D eigenvalue weighted by Gasteiger charge is 2.13. The van der Waals surface area contributed by atoms with Gasteiger partial charge in [0, 0.05) is 23.7 Å². The van der Waals surface area contributed by atoms with Gasteiger partial charge in [0.2, 0.25) is 11.2 Å². The molecule has 0 saturated carbocycles. The van der Waals surface area contributed by atoms with Gasteiger partial charge in [-0.05, 0) is 30.3 Å². The quantitative estimate of drug-likeness (QED) is 0.452. The topological polar surface area (TPSA) is 82.1 Å². The molecular formula is C18H13N3O3S. The molecule has 0 unspecified atom stereocenters. The van der Waals surface area contributed by atoms with Gasteiger partial charge in [-0.15, -0.1) is 11.3 Å². The number of aromatic carboxylic acids is 1. The summed E-state index contributed by atoms with van der Waals surface area (Å²) in [7, 11) is 0. The number of para-hydroxylation sites is 1. The first-order valence-corrected chi connectivity index (χ1v) is 8.40. The van der Waals surface area contributed by atoms with E-state index in [0.29, 0.717) is 23.4 Å². The fourth-order valence-corrected chi connectivity index (χ4v) is 3.49. The van der Waals surface area contributed by atoms with Crippen molar-refractivity contribution in [3.05, 3.63) is 76.6 Å². The maximum atomic E-state index is 12.5. The van der Waals surface area contributed by atoms with Gasteiger partial charge in [0.1, 0.15) is 17.1 Å². The van der Waals surface area contributed by atoms with Gasteiger partial charge in [-0.25, -0.2) is 4.79 Å². The lowest BCUT2D eigenvalue weighted by atomic mass is 10.2. The molecule has 4 aromatic rings. The summed E-state index contributed by atoms with van der Waals surface area (Å²) in [5.41, 5.74) is 1.90. The summed E-state index contributed by atoms with van der Waals surface area (Å²) in [6.45, 7) is 0.339. The van der Waals surface area contributed by atoms with E-state index in [2.05, 4.69) is 5.10 Å². The molecule has 1 aromatic carbocycles. The maximum absolute atomic E-state index is 12.5. The molecule has 3 heterocycles. The molecule has 25 heavy (non-hydrogen) atoms. The highest BCUT2D eigenvalue weighted by molar-refractivity contribution is 7.17. The van der Waals surface area contributed by atoms with E-state index in [1.165, 1.54) is 11.3 Å². The van der Waals surface area contributed by atoms with Crippen molar-refractivity contribution in [2.24, 2.45) is 0 Å². The van der Waals surface area contributed by atoms with Crippen LogP contribution in [0.2, 0.25) is 0 Å². The van der Waals surface area contributed by atoms with Gasteiger partial charge < -0.3 is 10.3 Å². The molecule has 7 heteroatoms. The molecule has 0 saturated heterocycles. The minimum atomic E-state index is -0.945. The van der Waals surface area contributed by atoms with Crippen molar-refractivity contribution >= 4 is 28.2 Å². The predicted octanol–water partition coefficient (Wildman–Crippen LogP) is 3.14. The molecule has 0 aliphatic rings. The van der Waals surface area contributed by atoms with Crippen LogP contribution in [-0.2, 0) is 6.54 Å². The van der Waals surface area contributed by atoms with E-state index in [1.54, 1.807) is 35.1 Å². The van der Waals surface area contributed by atoms with Crippen LogP contribution in [-0.4, -0.2) is 20.9 Å². The number of benzene rings is 1. The number of hydrogen-bond donors (Lipinski definition) is 1. The molecule has 4 rings (SSSR count). The Morgan fingerprint density at radius 1 is 1.16 bits per heavy atom. The fraction of sp³-hybridized carbons (Fsp3) is 0.0556. The summed E-state index contributed by atoms with van der Waals surface area (Å²) >= 11 is 1.18. The average molecular weight is 351 g/mol. The third-order valence-electron chi connectivity index (χ3n) is 3.91. The molecule has 0 aliphatic heterocycles. The Morgan fingerprint density at radius 2 is 2.00 bits per heavy atom. The van der Waals surface area contributed by atoms with Gasteiger partial charge in [-0.1, -0.05) is 12.1 Å². The third kappa shape index (κ3) is 2.85. The van der Waals surface area contributed by atoms with Crippen molar-refractivity contribution in [3.63, 3.8) is 0 Å². The Labute approximate surface area is 146 Å². The minimum absolute atomic E-state index is 0.275. The van der Waals surface area contributed by atoms with Crippen LogP contribution in [0.4, 0.5) is 0 Å². The Morgan fingerprint density at radius 3 is 2.80 bits per heavy atom. The molecule has 0 spiro atoms. The zero-order chi connectivity index (χ0) is 17.4. The maximum Gasteiger partial charge on any atom is 0.345 e. The minimum Gasteiger partial charge on any atom is -0.618 e. The lowest BCUT2D eigenvalue weighted by Gasteiger charge is -2.07. The predicted molar refractivity (Wildman–Crippen MR) is 94.5 cm³/mol. The summed E-state index contributed by atoms with van der Waals surface area (Å²) in [5.74, 6) is -0.945. The Hall–Kier alpha value is -3.19. The van der Waals surface area contributed by atoms with E-state index in [-0.39, 0.29) is 4.88 Å². The number of fused-ring (bicyclic) bond motifs is 1. The molecule has 0 amide bonds. The first-order valence-electron chi connectivity index (χ1n) is 7.59. The highest BCUT2D eigenvalue weighted by atomic mass is 32.1. The van der Waals surface area contributed by atoms with Crippen molar-refractivity contribution in [1.82, 2.24) is 9.78 Å². The lowest BCUT2D eigenvalue weighted by Crippen LogP contribution is -2.33. The van der Waals surface area contributed by atoms with Crippen LogP contribution in [0.3, 0.4) is 0 Å². The first kappa shape index (κ1) is 15.3. The van der Waals surface area contributed by atoms with E-state index in [9.17, 15) is 10.0 Å². The normalized spacial score (nSPS) is 11.0. The molecule has 0 fully saturated rings. The fourth-order valence-electron chi connectivity index (χ4n) is 2.68. The second-order valence-corrected chi connectivity index (χ2v) is 6.63. The second-order valence-electron chi connectivity index (χ2n) is 5.55. The molecule has 0 radical (unpaired) electrons. The summed E-state index contributed by atoms with van der Waals surface area (Å²) < 4.78 is 2.60. The molecule has 0 aliphatic carbocycles. The number of rotatable bonds is 4. The number of nitrogens with zero attached hydrogens (tertiary/aromatic N) is 3. The molecular weight excluding hydrogens is 338 g/mol. The molecule has 124 valence electrons. The monoisotopic (exact) mass is 351 g/mol. The summed E-state index contributed by atoms with van der Waals surface area (Å²) in [5, 5.41) is 26.9. The van der Waals surface area contributed by atoms with Crippen molar-refractivity contribution in [2.75, 3.05) is 0 Å². The molecule has 0 bridgehead atoms. The van der Waals surface area contributed by atoms with Crippen LogP contribution in [0.15, 0.2) is 60.8 Å². The Kier molecular flexibility index (Phi) is 3.70. The van der Waals surface area contributed by atoms with E-state index in [4.69, 9.17) is 5.11 Å². The van der Waals surface area contributed by atoms with E-state index in [0.717, 1.165) is 15.0 Å². The summed E-state index contributed by atoms with van der Waals surface area (Å²) in [6, 6.07) is 16.3. The molecule has 0 atom stereocenters. The van der Waals surface area contributed by atoms with E-state index >= 15 is 0 Å². The van der Waals surface area contributed by atoms with Gasteiger partial charge >= 0.3 is 5.97 Å². The number of carboxylic acid groups (broad SMARTS) is 1. The van der Waals surface area contributed by atoms with Crippen LogP contribution < -0.4 is 4.73 Å². The Bertz CT molecular complexity index is 1080. The third-order valence-corrected chi connectivity index (χ3v) is 5.00. The first-order chi connectivity index (χ1) is 12.1. The standard InChI is InChI=1S/C18H13N3O3S/c22-18(23)17-8-7-16(25-17)14-9-10-20(19-14)11-13-6-5-12-3-1-2-4-15(12)21(13)24/h1-10H,11H2,(H,22,23). The van der Waals surface area contributed by atoms with Crippen LogP contribution in [0.1, 0.15) is 15.4 Å². The number of aromatic nitrogens is 3. The SMILES string of the molecule is O=C(O)c1ccc(-c2ccn(Cc3ccc4ccccc4[n+]3[O-])n2)s1. The van der Waals surface area contributed by atoms with Crippen LogP contribution in [0.25, 0.3) is 21.5 Å². The van der Waals surface area contributed by atoms with Crippen LogP contribution in [0.5, 0.6) is 0 Å². The number of carboxylic acids is 1. The number of thiophene rings is 1. The van der Waals surface area contributed by atoms with Crippen molar-refractivity contribution in [3.8, 4) is 10.6 Å². The van der Waals surface area contributed by atoms with Crippen LogP contribution >= 0.6 is 11.3 Å². The zero-order valence-electron chi connectivity index (χ0n) is 13.0. The molecule has 3 aromatic heterocycles. The van der Waals surface area contributed by atoms with Gasteiger partial charge in [0.15, 0.2) is 0 Å². The van der Waals surface area contributed by atoms with E-state index < -0.39 is 5.97 Å². The average Bonchev–Trinajstić information content (AvgIpc) is 3.27. The molecule has 6 nitrogen and oxygen atoms in total. The molecule has 1 N–H and O–H groups in total. The smallest absolute Gasteiger partial charge is 0.345 e. The Balaban J connectivity index is 1.63. The second kappa shape index (κ2) is 6.03. The van der Waals surface area contributed by atoms with Gasteiger partial charge in [-0.3, -0.25) is 4.68 Å². The summed E-state index contributed by atoms with van der Waals surface area (Å²) in [6.07, 6.45) is 1.78.